The molecule has 1 atom stereocenters. The topological polar surface area (TPSA) is 96.6 Å². The van der Waals surface area contributed by atoms with Gasteiger partial charge in [-0.2, -0.15) is 0 Å². The molecule has 3 heterocycles. The summed E-state index contributed by atoms with van der Waals surface area (Å²) >= 11 is 0. The molecule has 3 aliphatic rings. The molecule has 3 N–H and O–H groups in total. The minimum atomic E-state index is -0.0335. The normalized spacial score (nSPS) is 25.0. The van der Waals surface area contributed by atoms with Gasteiger partial charge in [-0.25, -0.2) is 9.97 Å². The van der Waals surface area contributed by atoms with Crippen LogP contribution in [-0.2, 0) is 9.53 Å². The maximum absolute atomic E-state index is 12.3. The number of rotatable bonds is 7. The van der Waals surface area contributed by atoms with Crippen LogP contribution < -0.4 is 11.1 Å². The number of piperidine rings is 1. The van der Waals surface area contributed by atoms with E-state index in [1.165, 1.54) is 51.6 Å². The maximum atomic E-state index is 12.3. The lowest BCUT2D eigenvalue weighted by Crippen LogP contribution is -2.51. The van der Waals surface area contributed by atoms with Crippen LogP contribution in [0.2, 0.25) is 0 Å². The van der Waals surface area contributed by atoms with Gasteiger partial charge in [-0.1, -0.05) is 0 Å². The van der Waals surface area contributed by atoms with E-state index in [2.05, 4.69) is 20.2 Å². The van der Waals surface area contributed by atoms with E-state index in [0.717, 1.165) is 12.5 Å². The van der Waals surface area contributed by atoms with Crippen molar-refractivity contribution in [2.45, 2.75) is 31.8 Å². The Labute approximate surface area is 160 Å². The number of nitrogens with two attached hydrogens (primary N) is 1. The summed E-state index contributed by atoms with van der Waals surface area (Å²) in [7, 11) is 0. The third kappa shape index (κ3) is 5.29. The number of hydrogen-bond donors (Lipinski definition) is 2. The number of hydrogen-bond acceptors (Lipinski definition) is 7. The SMILES string of the molecule is Nc1cc(NCC2CN(CC3CCN(CC4CC4)CC3)C(=O)CO2)ncn1. The minimum Gasteiger partial charge on any atom is -0.384 e. The molecule has 0 bridgehead atoms. The van der Waals surface area contributed by atoms with E-state index in [-0.39, 0.29) is 18.6 Å². The molecule has 0 radical (unpaired) electrons. The molecule has 1 aliphatic carbocycles. The number of carbonyl (C=O) groups is 1. The second-order valence-electron chi connectivity index (χ2n) is 8.13. The van der Waals surface area contributed by atoms with Crippen LogP contribution >= 0.6 is 0 Å². The Morgan fingerprint density at radius 1 is 1.15 bits per heavy atom. The van der Waals surface area contributed by atoms with E-state index in [4.69, 9.17) is 10.5 Å². The maximum Gasteiger partial charge on any atom is 0.248 e. The van der Waals surface area contributed by atoms with E-state index in [1.54, 1.807) is 6.07 Å². The first-order valence-electron chi connectivity index (χ1n) is 10.1. The fourth-order valence-corrected chi connectivity index (χ4v) is 4.00. The van der Waals surface area contributed by atoms with Gasteiger partial charge in [0.05, 0.1) is 6.10 Å². The predicted molar refractivity (Wildman–Crippen MR) is 103 cm³/mol. The zero-order valence-corrected chi connectivity index (χ0v) is 15.8. The van der Waals surface area contributed by atoms with Crippen LogP contribution in [0.1, 0.15) is 25.7 Å². The number of ether oxygens (including phenoxy) is 1. The highest BCUT2D eigenvalue weighted by molar-refractivity contribution is 5.78. The summed E-state index contributed by atoms with van der Waals surface area (Å²) in [6.45, 7) is 5.90. The second kappa shape index (κ2) is 8.39. The average Bonchev–Trinajstić information content (AvgIpc) is 3.48. The molecule has 2 saturated heterocycles. The van der Waals surface area contributed by atoms with Gasteiger partial charge in [-0.15, -0.1) is 0 Å². The highest BCUT2D eigenvalue weighted by Crippen LogP contribution is 2.31. The Bertz CT molecular complexity index is 645. The van der Waals surface area contributed by atoms with Crippen molar-refractivity contribution in [1.82, 2.24) is 19.8 Å². The second-order valence-corrected chi connectivity index (χ2v) is 8.13. The summed E-state index contributed by atoms with van der Waals surface area (Å²) < 4.78 is 5.69. The third-order valence-electron chi connectivity index (χ3n) is 5.82. The van der Waals surface area contributed by atoms with Crippen LogP contribution in [-0.4, -0.2) is 77.7 Å². The van der Waals surface area contributed by atoms with E-state index < -0.39 is 0 Å². The molecule has 0 aromatic carbocycles. The van der Waals surface area contributed by atoms with Crippen LogP contribution in [0.3, 0.4) is 0 Å². The Hall–Kier alpha value is -1.93. The number of nitrogens with one attached hydrogen (secondary N) is 1. The molecule has 1 amide bonds. The number of anilines is 2. The van der Waals surface area contributed by atoms with Crippen LogP contribution in [0.5, 0.6) is 0 Å². The van der Waals surface area contributed by atoms with Crippen molar-refractivity contribution in [3.05, 3.63) is 12.4 Å². The summed E-state index contributed by atoms with van der Waals surface area (Å²) in [6.07, 6.45) is 6.62. The zero-order chi connectivity index (χ0) is 18.6. The largest absolute Gasteiger partial charge is 0.384 e. The Morgan fingerprint density at radius 2 is 1.93 bits per heavy atom. The molecule has 0 spiro atoms. The van der Waals surface area contributed by atoms with Gasteiger partial charge in [0.1, 0.15) is 24.6 Å². The van der Waals surface area contributed by atoms with Gasteiger partial charge >= 0.3 is 0 Å². The highest BCUT2D eigenvalue weighted by Gasteiger charge is 2.31. The van der Waals surface area contributed by atoms with Crippen molar-refractivity contribution in [2.75, 3.05) is 56.9 Å². The lowest BCUT2D eigenvalue weighted by molar-refractivity contribution is -0.149. The lowest BCUT2D eigenvalue weighted by atomic mass is 9.95. The number of amides is 1. The van der Waals surface area contributed by atoms with E-state index >= 15 is 0 Å². The molecule has 27 heavy (non-hydrogen) atoms. The summed E-state index contributed by atoms with van der Waals surface area (Å²) in [5.41, 5.74) is 5.67. The van der Waals surface area contributed by atoms with Gasteiger partial charge in [-0.05, 0) is 50.6 Å². The van der Waals surface area contributed by atoms with Crippen molar-refractivity contribution in [1.29, 1.82) is 0 Å². The standard InChI is InChI=1S/C19H30N6O2/c20-17-7-18(23-13-22-17)21-8-16-11-25(19(26)12-27-16)10-15-3-5-24(6-4-15)9-14-1-2-14/h7,13-16H,1-6,8-12H2,(H3,20,21,22,23). The number of carbonyl (C=O) groups excluding carboxylic acids is 1. The molecule has 1 aromatic rings. The van der Waals surface area contributed by atoms with Gasteiger partial charge in [0.25, 0.3) is 0 Å². The molecule has 8 heteroatoms. The fraction of sp³-hybridized carbons (Fsp3) is 0.737. The number of nitrogens with zero attached hydrogens (tertiary/aromatic N) is 4. The number of morpholine rings is 1. The van der Waals surface area contributed by atoms with Crippen LogP contribution in [0.25, 0.3) is 0 Å². The van der Waals surface area contributed by atoms with Crippen molar-refractivity contribution < 1.29 is 9.53 Å². The number of aromatic nitrogens is 2. The summed E-state index contributed by atoms with van der Waals surface area (Å²) in [6, 6.07) is 1.70. The van der Waals surface area contributed by atoms with Crippen LogP contribution in [0.4, 0.5) is 11.6 Å². The monoisotopic (exact) mass is 374 g/mol. The van der Waals surface area contributed by atoms with Crippen molar-refractivity contribution in [3.63, 3.8) is 0 Å². The Balaban J connectivity index is 1.22. The fourth-order valence-electron chi connectivity index (χ4n) is 4.00. The van der Waals surface area contributed by atoms with Crippen molar-refractivity contribution >= 4 is 17.5 Å². The molecule has 3 fully saturated rings. The predicted octanol–water partition coefficient (Wildman–Crippen LogP) is 0.820. The molecule has 1 unspecified atom stereocenters. The molecular formula is C19H30N6O2. The molecule has 1 saturated carbocycles. The molecular weight excluding hydrogens is 344 g/mol. The van der Waals surface area contributed by atoms with E-state index in [9.17, 15) is 4.79 Å². The van der Waals surface area contributed by atoms with Gasteiger partial charge in [-0.3, -0.25) is 4.79 Å². The first-order chi connectivity index (χ1) is 13.2. The van der Waals surface area contributed by atoms with Crippen molar-refractivity contribution in [3.8, 4) is 0 Å². The minimum absolute atomic E-state index is 0.0335. The molecule has 4 rings (SSSR count). The smallest absolute Gasteiger partial charge is 0.248 e. The summed E-state index contributed by atoms with van der Waals surface area (Å²) in [4.78, 5) is 24.9. The van der Waals surface area contributed by atoms with Crippen LogP contribution in [0.15, 0.2) is 12.4 Å². The highest BCUT2D eigenvalue weighted by atomic mass is 16.5. The first kappa shape index (κ1) is 18.4. The quantitative estimate of drug-likeness (QED) is 0.729. The third-order valence-corrected chi connectivity index (χ3v) is 5.82. The van der Waals surface area contributed by atoms with Gasteiger partial charge in [0, 0.05) is 32.2 Å². The van der Waals surface area contributed by atoms with E-state index in [0.29, 0.717) is 30.6 Å². The first-order valence-corrected chi connectivity index (χ1v) is 10.1. The van der Waals surface area contributed by atoms with Crippen molar-refractivity contribution in [2.24, 2.45) is 11.8 Å². The number of likely N-dealkylation sites (tertiary alicyclic amines) is 1. The van der Waals surface area contributed by atoms with Crippen LogP contribution in [0, 0.1) is 11.8 Å². The Morgan fingerprint density at radius 3 is 2.67 bits per heavy atom. The molecule has 148 valence electrons. The van der Waals surface area contributed by atoms with Gasteiger partial charge in [0.2, 0.25) is 5.91 Å². The molecule has 2 aliphatic heterocycles. The molecule has 8 nitrogen and oxygen atoms in total. The number of nitrogen functional groups attached to an aromatic ring is 1. The van der Waals surface area contributed by atoms with Gasteiger partial charge in [0.15, 0.2) is 0 Å². The Kier molecular flexibility index (Phi) is 5.73. The summed E-state index contributed by atoms with van der Waals surface area (Å²) in [5.74, 6) is 2.79. The lowest BCUT2D eigenvalue weighted by Gasteiger charge is -2.38. The van der Waals surface area contributed by atoms with E-state index in [1.807, 2.05) is 4.90 Å². The molecule has 1 aromatic heterocycles. The summed E-state index contributed by atoms with van der Waals surface area (Å²) in [5, 5.41) is 3.22. The average molecular weight is 374 g/mol. The van der Waals surface area contributed by atoms with Gasteiger partial charge < -0.3 is 25.6 Å². The zero-order valence-electron chi connectivity index (χ0n) is 15.8.